The summed E-state index contributed by atoms with van der Waals surface area (Å²) < 4.78 is 16.2. The van der Waals surface area contributed by atoms with Crippen LogP contribution in [0.4, 0.5) is 22.7 Å². The monoisotopic (exact) mass is 1260 g/mol. The SMILES string of the molecule is Cc1cc(C)c(-c2cccc(-c3c(C)cc(C)cc3C)c2N2[CH-]N(c3[c-]c(Oc4[c-]c5c(cc4)c4c6oc7ccccc7c6ccc4n5-c4cc(C(C)(C)C)ccn4)cc(-c4c(C(C)C)cccc4C(C)C)c3)c3ccccc32)c(C)c1.[Pt]. The Bertz CT molecular complexity index is 4400. The van der Waals surface area contributed by atoms with E-state index in [0.717, 1.165) is 77.9 Å². The summed E-state index contributed by atoms with van der Waals surface area (Å²) in [6.45, 7) is 31.5. The molecule has 0 amide bonds. The van der Waals surface area contributed by atoms with Crippen LogP contribution < -0.4 is 14.5 Å². The Morgan fingerprint density at radius 1 is 0.554 bits per heavy atom. The van der Waals surface area contributed by atoms with Crippen LogP contribution in [-0.4, -0.2) is 9.55 Å². The molecule has 0 atom stereocenters. The molecule has 0 aliphatic carbocycles. The second kappa shape index (κ2) is 21.2. The molecule has 0 saturated carbocycles. The van der Waals surface area contributed by atoms with Crippen LogP contribution in [0, 0.1) is 60.3 Å². The molecule has 12 aromatic rings. The fraction of sp³-hybridized carbons (Fsp3) is 0.211. The van der Waals surface area contributed by atoms with Gasteiger partial charge < -0.3 is 23.5 Å². The smallest absolute Gasteiger partial charge is 0.135 e. The summed E-state index contributed by atoms with van der Waals surface area (Å²) >= 11 is 0. The van der Waals surface area contributed by atoms with Crippen molar-refractivity contribution in [1.29, 1.82) is 0 Å². The van der Waals surface area contributed by atoms with E-state index in [-0.39, 0.29) is 38.3 Å². The molecule has 1 aliphatic rings. The summed E-state index contributed by atoms with van der Waals surface area (Å²) in [4.78, 5) is 9.77. The van der Waals surface area contributed by atoms with Crippen LogP contribution in [0.1, 0.15) is 110 Å². The van der Waals surface area contributed by atoms with Crippen molar-refractivity contribution in [3.63, 3.8) is 0 Å². The molecule has 0 radical (unpaired) electrons. The average molecular weight is 1270 g/mol. The van der Waals surface area contributed by atoms with Gasteiger partial charge in [-0.2, -0.15) is 6.07 Å². The third-order valence-corrected chi connectivity index (χ3v) is 16.8. The van der Waals surface area contributed by atoms with Gasteiger partial charge in [0.25, 0.3) is 0 Å². The van der Waals surface area contributed by atoms with Gasteiger partial charge in [-0.15, -0.1) is 48.3 Å². The van der Waals surface area contributed by atoms with Gasteiger partial charge >= 0.3 is 0 Å². The topological polar surface area (TPSA) is 46.7 Å². The maximum atomic E-state index is 7.25. The number of para-hydroxylation sites is 4. The largest absolute Gasteiger partial charge is 0.509 e. The number of pyridine rings is 1. The molecule has 0 fully saturated rings. The van der Waals surface area contributed by atoms with Crippen molar-refractivity contribution in [2.75, 3.05) is 9.80 Å². The number of fused-ring (bicyclic) bond motifs is 8. The molecule has 0 spiro atoms. The van der Waals surface area contributed by atoms with Gasteiger partial charge in [0.15, 0.2) is 0 Å². The molecular formula is C76H69N4O2Pt-3. The van der Waals surface area contributed by atoms with E-state index in [1.165, 1.54) is 77.9 Å². The molecular weight excluding hydrogens is 1200 g/mol. The Kier molecular flexibility index (Phi) is 14.2. The van der Waals surface area contributed by atoms with Crippen molar-refractivity contribution in [3.05, 3.63) is 233 Å². The first kappa shape index (κ1) is 55.4. The Balaban J connectivity index is 0.00000680. The number of hydrogen-bond acceptors (Lipinski definition) is 5. The summed E-state index contributed by atoms with van der Waals surface area (Å²) in [5.41, 5.74) is 25.9. The molecule has 1 aliphatic heterocycles. The Labute approximate surface area is 503 Å². The standard InChI is InChI=1S/C76H69N4O2.Pt/c1-44(2)57-21-18-22-58(45(3)4)72(57)52-38-54(78-43-79(65-26-16-15-25-64(65)78)74-62(70-48(7)34-46(5)35-49(70)8)23-19-24-63(74)71-50(9)36-47(6)37-51(71)10)41-56(39-52)81-55-28-29-61-67(42-55)80(69-40-53(32-33-77-69)76(11,12)13)66-31-30-60-59-20-14-17-27-68(59)82-75(60)73(61)66;/h14-40,43-45H,1-13H3;/q-3;. The van der Waals surface area contributed by atoms with E-state index in [1.807, 2.05) is 24.4 Å². The number of ether oxygens (including phenoxy) is 1. The van der Waals surface area contributed by atoms with E-state index in [2.05, 4.69) is 263 Å². The number of anilines is 4. The molecule has 9 aromatic carbocycles. The first-order chi connectivity index (χ1) is 39.4. The number of rotatable bonds is 10. The minimum atomic E-state index is -0.100. The maximum absolute atomic E-state index is 7.25. The quantitative estimate of drug-likeness (QED) is 0.128. The molecule has 6 nitrogen and oxygen atoms in total. The maximum Gasteiger partial charge on any atom is 0.135 e. The Morgan fingerprint density at radius 2 is 1.14 bits per heavy atom. The molecule has 0 unspecified atom stereocenters. The fourth-order valence-electron chi connectivity index (χ4n) is 13.3. The zero-order chi connectivity index (χ0) is 57.0. The van der Waals surface area contributed by atoms with Crippen molar-refractivity contribution >= 4 is 66.5 Å². The number of hydrogen-bond donors (Lipinski definition) is 0. The van der Waals surface area contributed by atoms with Gasteiger partial charge in [-0.05, 0) is 162 Å². The van der Waals surface area contributed by atoms with Crippen LogP contribution in [0.15, 0.2) is 168 Å². The van der Waals surface area contributed by atoms with E-state index in [0.29, 0.717) is 11.5 Å². The number of furan rings is 1. The molecule has 0 N–H and O–H groups in total. The summed E-state index contributed by atoms with van der Waals surface area (Å²) in [5, 5.41) is 4.16. The number of aryl methyl sites for hydroxylation is 6. The summed E-state index contributed by atoms with van der Waals surface area (Å²) in [6.07, 6.45) is 1.92. The van der Waals surface area contributed by atoms with Crippen LogP contribution in [0.5, 0.6) is 11.5 Å². The molecule has 83 heavy (non-hydrogen) atoms. The minimum Gasteiger partial charge on any atom is -0.509 e. The van der Waals surface area contributed by atoms with Crippen molar-refractivity contribution in [2.24, 2.45) is 0 Å². The van der Waals surface area contributed by atoms with Gasteiger partial charge in [-0.25, -0.2) is 4.98 Å². The molecule has 7 heteroatoms. The summed E-state index contributed by atoms with van der Waals surface area (Å²) in [7, 11) is 0. The van der Waals surface area contributed by atoms with Crippen molar-refractivity contribution in [1.82, 2.24) is 9.55 Å². The summed E-state index contributed by atoms with van der Waals surface area (Å²) in [6, 6.07) is 65.0. The number of benzene rings is 9. The van der Waals surface area contributed by atoms with Crippen molar-refractivity contribution in [2.45, 2.75) is 107 Å². The molecule has 418 valence electrons. The molecule has 0 saturated heterocycles. The van der Waals surface area contributed by atoms with Gasteiger partial charge in [0.1, 0.15) is 17.0 Å². The second-order valence-corrected chi connectivity index (χ2v) is 24.4. The third kappa shape index (κ3) is 9.54. The van der Waals surface area contributed by atoms with Gasteiger partial charge in [0.05, 0.1) is 0 Å². The third-order valence-electron chi connectivity index (χ3n) is 16.8. The van der Waals surface area contributed by atoms with Gasteiger partial charge in [0, 0.05) is 83.2 Å². The Hall–Kier alpha value is -8.18. The first-order valence-electron chi connectivity index (χ1n) is 28.9. The second-order valence-electron chi connectivity index (χ2n) is 24.4. The van der Waals surface area contributed by atoms with Crippen LogP contribution in [-0.2, 0) is 26.5 Å². The van der Waals surface area contributed by atoms with Crippen LogP contribution in [0.2, 0.25) is 0 Å². The van der Waals surface area contributed by atoms with E-state index in [1.54, 1.807) is 0 Å². The van der Waals surface area contributed by atoms with Gasteiger partial charge in [-0.3, -0.25) is 0 Å². The van der Waals surface area contributed by atoms with E-state index in [4.69, 9.17) is 14.1 Å². The molecule has 4 heterocycles. The van der Waals surface area contributed by atoms with Gasteiger partial charge in [0.2, 0.25) is 0 Å². The fourth-order valence-corrected chi connectivity index (χ4v) is 13.3. The molecule has 3 aromatic heterocycles. The van der Waals surface area contributed by atoms with Crippen LogP contribution in [0.3, 0.4) is 0 Å². The van der Waals surface area contributed by atoms with Crippen molar-refractivity contribution in [3.8, 4) is 50.7 Å². The van der Waals surface area contributed by atoms with Crippen LogP contribution in [0.25, 0.3) is 82.9 Å². The first-order valence-corrected chi connectivity index (χ1v) is 28.9. The van der Waals surface area contributed by atoms with E-state index in [9.17, 15) is 0 Å². The number of aromatic nitrogens is 2. The van der Waals surface area contributed by atoms with E-state index >= 15 is 0 Å². The van der Waals surface area contributed by atoms with Crippen LogP contribution >= 0.6 is 0 Å². The average Bonchev–Trinajstić information content (AvgIpc) is 2.05. The van der Waals surface area contributed by atoms with Gasteiger partial charge in [-0.1, -0.05) is 161 Å². The predicted octanol–water partition coefficient (Wildman–Crippen LogP) is 21.3. The summed E-state index contributed by atoms with van der Waals surface area (Å²) in [5.74, 6) is 2.46. The predicted molar refractivity (Wildman–Crippen MR) is 343 cm³/mol. The zero-order valence-electron chi connectivity index (χ0n) is 49.7. The zero-order valence-corrected chi connectivity index (χ0v) is 52.0. The normalized spacial score (nSPS) is 12.7. The Morgan fingerprint density at radius 3 is 1.77 bits per heavy atom. The molecule has 13 rings (SSSR count). The van der Waals surface area contributed by atoms with Crippen molar-refractivity contribution < 1.29 is 30.2 Å². The number of nitrogens with zero attached hydrogens (tertiary/aromatic N) is 4. The minimum absolute atomic E-state index is 0. The molecule has 0 bridgehead atoms. The van der Waals surface area contributed by atoms with E-state index < -0.39 is 0 Å².